The average Bonchev–Trinajstić information content (AvgIpc) is 2.76. The maximum atomic E-state index is 14.7. The van der Waals surface area contributed by atoms with E-state index in [1.54, 1.807) is 0 Å². The molecule has 0 aromatic heterocycles. The molecule has 0 unspecified atom stereocenters. The van der Waals surface area contributed by atoms with Gasteiger partial charge in [-0.25, -0.2) is 17.6 Å². The Morgan fingerprint density at radius 2 is 1.22 bits per heavy atom. The van der Waals surface area contributed by atoms with E-state index in [-0.39, 0.29) is 14.7 Å². The van der Waals surface area contributed by atoms with Gasteiger partial charge in [0.1, 0.15) is 23.3 Å². The lowest BCUT2D eigenvalue weighted by molar-refractivity contribution is 0.148. The largest absolute Gasteiger partial charge is 0.206 e. The molecule has 0 saturated heterocycles. The zero-order valence-electron chi connectivity index (χ0n) is 18.6. The van der Waals surface area contributed by atoms with Gasteiger partial charge in [0.2, 0.25) is 0 Å². The molecule has 0 radical (unpaired) electrons. The van der Waals surface area contributed by atoms with Crippen LogP contribution in [-0.2, 0) is 6.42 Å². The monoisotopic (exact) mass is 558 g/mol. The standard InChI is InChI=1S/C27H31F4I/c1-16-2-8-19(9-3-16)20-10-6-17(7-11-20)4-5-18-12-22(28)26(23(29)13-18)21-14-24(30)27(32)25(31)15-21/h12-17,19-20H,2-11H2,1H3. The van der Waals surface area contributed by atoms with Crippen molar-refractivity contribution in [2.24, 2.45) is 23.7 Å². The lowest BCUT2D eigenvalue weighted by Gasteiger charge is -2.37. The summed E-state index contributed by atoms with van der Waals surface area (Å²) < 4.78 is 57.0. The van der Waals surface area contributed by atoms with Gasteiger partial charge in [-0.15, -0.1) is 0 Å². The smallest absolute Gasteiger partial charge is 0.140 e. The molecule has 0 nitrogen and oxygen atoms in total. The molecular formula is C27H31F4I. The van der Waals surface area contributed by atoms with Gasteiger partial charge in [-0.05, 0) is 120 Å². The highest BCUT2D eigenvalue weighted by Crippen LogP contribution is 2.42. The van der Waals surface area contributed by atoms with E-state index in [1.165, 1.54) is 86.1 Å². The van der Waals surface area contributed by atoms with Crippen LogP contribution in [0.25, 0.3) is 11.1 Å². The third kappa shape index (κ3) is 5.51. The molecule has 0 aliphatic heterocycles. The van der Waals surface area contributed by atoms with Crippen LogP contribution in [0, 0.1) is 50.5 Å². The topological polar surface area (TPSA) is 0 Å². The van der Waals surface area contributed by atoms with Crippen LogP contribution in [-0.4, -0.2) is 0 Å². The van der Waals surface area contributed by atoms with E-state index in [0.717, 1.165) is 36.3 Å². The predicted octanol–water partition coefficient (Wildman–Crippen LogP) is 9.08. The Morgan fingerprint density at radius 1 is 0.719 bits per heavy atom. The Labute approximate surface area is 202 Å². The maximum Gasteiger partial charge on any atom is 0.140 e. The van der Waals surface area contributed by atoms with Crippen molar-refractivity contribution in [2.75, 3.05) is 0 Å². The Bertz CT molecular complexity index is 895. The first-order valence-electron chi connectivity index (χ1n) is 11.9. The Kier molecular flexibility index (Phi) is 7.84. The first-order valence-corrected chi connectivity index (χ1v) is 13.0. The number of hydrogen-bond acceptors (Lipinski definition) is 0. The van der Waals surface area contributed by atoms with Gasteiger partial charge in [-0.2, -0.15) is 0 Å². The molecule has 0 atom stereocenters. The second-order valence-electron chi connectivity index (χ2n) is 10.0. The Balaban J connectivity index is 1.35. The highest BCUT2D eigenvalue weighted by atomic mass is 127. The van der Waals surface area contributed by atoms with Gasteiger partial charge in [-0.1, -0.05) is 32.6 Å². The van der Waals surface area contributed by atoms with E-state index in [0.29, 0.717) is 17.9 Å². The van der Waals surface area contributed by atoms with Gasteiger partial charge in [0.15, 0.2) is 0 Å². The van der Waals surface area contributed by atoms with Crippen molar-refractivity contribution < 1.29 is 17.6 Å². The van der Waals surface area contributed by atoms with Crippen LogP contribution in [0.1, 0.15) is 70.3 Å². The van der Waals surface area contributed by atoms with Crippen LogP contribution in [0.15, 0.2) is 24.3 Å². The maximum absolute atomic E-state index is 14.7. The number of halogens is 5. The van der Waals surface area contributed by atoms with Crippen molar-refractivity contribution in [1.29, 1.82) is 0 Å². The molecule has 2 fully saturated rings. The summed E-state index contributed by atoms with van der Waals surface area (Å²) in [6.45, 7) is 2.36. The molecule has 2 aromatic carbocycles. The van der Waals surface area contributed by atoms with E-state index in [9.17, 15) is 17.6 Å². The molecule has 2 aliphatic rings. The first-order chi connectivity index (χ1) is 15.3. The first kappa shape index (κ1) is 24.0. The van der Waals surface area contributed by atoms with Gasteiger partial charge < -0.3 is 0 Å². The van der Waals surface area contributed by atoms with Crippen molar-refractivity contribution in [2.45, 2.75) is 71.1 Å². The Morgan fingerprint density at radius 3 is 1.75 bits per heavy atom. The highest BCUT2D eigenvalue weighted by Gasteiger charge is 2.30. The van der Waals surface area contributed by atoms with Crippen LogP contribution >= 0.6 is 22.6 Å². The molecule has 174 valence electrons. The predicted molar refractivity (Wildman–Crippen MR) is 129 cm³/mol. The van der Waals surface area contributed by atoms with Crippen LogP contribution in [0.5, 0.6) is 0 Å². The molecule has 5 heteroatoms. The summed E-state index contributed by atoms with van der Waals surface area (Å²) in [5.74, 6) is 0.0908. The average molecular weight is 558 g/mol. The fraction of sp³-hybridized carbons (Fsp3) is 0.556. The third-order valence-corrected chi connectivity index (χ3v) is 8.86. The van der Waals surface area contributed by atoms with E-state index in [4.69, 9.17) is 0 Å². The molecule has 2 aliphatic carbocycles. The van der Waals surface area contributed by atoms with E-state index < -0.39 is 23.3 Å². The fourth-order valence-corrected chi connectivity index (χ4v) is 6.13. The molecule has 2 saturated carbocycles. The van der Waals surface area contributed by atoms with Crippen LogP contribution in [0.2, 0.25) is 0 Å². The summed E-state index contributed by atoms with van der Waals surface area (Å²) in [7, 11) is 0. The number of rotatable bonds is 5. The fourth-order valence-electron chi connectivity index (χ4n) is 5.82. The van der Waals surface area contributed by atoms with Crippen molar-refractivity contribution in [3.8, 4) is 11.1 Å². The molecule has 32 heavy (non-hydrogen) atoms. The molecule has 0 spiro atoms. The number of aryl methyl sites for hydroxylation is 1. The van der Waals surface area contributed by atoms with E-state index >= 15 is 0 Å². The summed E-state index contributed by atoms with van der Waals surface area (Å²) in [6, 6.07) is 4.61. The van der Waals surface area contributed by atoms with Gasteiger partial charge in [0.05, 0.1) is 9.13 Å². The minimum Gasteiger partial charge on any atom is -0.206 e. The highest BCUT2D eigenvalue weighted by molar-refractivity contribution is 14.1. The van der Waals surface area contributed by atoms with Crippen molar-refractivity contribution in [1.82, 2.24) is 0 Å². The van der Waals surface area contributed by atoms with Crippen LogP contribution in [0.4, 0.5) is 17.6 Å². The molecule has 0 amide bonds. The van der Waals surface area contributed by atoms with Gasteiger partial charge >= 0.3 is 0 Å². The molecular weight excluding hydrogens is 527 g/mol. The van der Waals surface area contributed by atoms with Gasteiger partial charge in [0.25, 0.3) is 0 Å². The third-order valence-electron chi connectivity index (χ3n) is 7.83. The van der Waals surface area contributed by atoms with E-state index in [2.05, 4.69) is 6.92 Å². The van der Waals surface area contributed by atoms with Crippen molar-refractivity contribution in [3.05, 3.63) is 56.7 Å². The zero-order chi connectivity index (χ0) is 22.8. The lowest BCUT2D eigenvalue weighted by Crippen LogP contribution is -2.25. The number of hydrogen-bond donors (Lipinski definition) is 0. The van der Waals surface area contributed by atoms with Gasteiger partial charge in [0, 0.05) is 0 Å². The quantitative estimate of drug-likeness (QED) is 0.195. The molecule has 0 N–H and O–H groups in total. The number of benzene rings is 2. The summed E-state index contributed by atoms with van der Waals surface area (Å²) in [4.78, 5) is 0. The minimum atomic E-state index is -0.818. The van der Waals surface area contributed by atoms with Crippen molar-refractivity contribution in [3.63, 3.8) is 0 Å². The minimum absolute atomic E-state index is 0.114. The van der Waals surface area contributed by atoms with Crippen molar-refractivity contribution >= 4 is 22.6 Å². The lowest BCUT2D eigenvalue weighted by atomic mass is 9.69. The molecule has 4 rings (SSSR count). The normalized spacial score (nSPS) is 26.3. The summed E-state index contributed by atoms with van der Waals surface area (Å²) in [5.41, 5.74) is 0.126. The Hall–Kier alpha value is -1.11. The molecule has 0 bridgehead atoms. The molecule has 0 heterocycles. The SMILES string of the molecule is CC1CCC(C2CCC(CCc3cc(F)c(-c4cc(F)c(I)c(F)c4)c(F)c3)CC2)CC1. The van der Waals surface area contributed by atoms with Crippen LogP contribution in [0.3, 0.4) is 0 Å². The summed E-state index contributed by atoms with van der Waals surface area (Å²) >= 11 is 1.54. The second-order valence-corrected chi connectivity index (χ2v) is 11.1. The van der Waals surface area contributed by atoms with Crippen LogP contribution < -0.4 is 0 Å². The zero-order valence-corrected chi connectivity index (χ0v) is 20.7. The van der Waals surface area contributed by atoms with E-state index in [1.807, 2.05) is 0 Å². The second kappa shape index (κ2) is 10.4. The summed E-state index contributed by atoms with van der Waals surface area (Å²) in [6.07, 6.45) is 12.1. The molecule has 2 aromatic rings. The van der Waals surface area contributed by atoms with Gasteiger partial charge in [-0.3, -0.25) is 0 Å². The summed E-state index contributed by atoms with van der Waals surface area (Å²) in [5, 5.41) is 0.